The molecule has 10 heteroatoms. The summed E-state index contributed by atoms with van der Waals surface area (Å²) in [6.45, 7) is 2.10. The molecule has 30 heavy (non-hydrogen) atoms. The second-order valence-electron chi connectivity index (χ2n) is 5.92. The van der Waals surface area contributed by atoms with Gasteiger partial charge in [0.05, 0.1) is 29.9 Å². The summed E-state index contributed by atoms with van der Waals surface area (Å²) < 4.78 is 10.6. The molecule has 0 saturated carbocycles. The van der Waals surface area contributed by atoms with E-state index in [-0.39, 0.29) is 18.1 Å². The van der Waals surface area contributed by atoms with Crippen LogP contribution >= 0.6 is 11.3 Å². The van der Waals surface area contributed by atoms with E-state index in [0.717, 1.165) is 5.56 Å². The first-order chi connectivity index (χ1) is 14.5. The lowest BCUT2D eigenvalue weighted by atomic mass is 10.2. The van der Waals surface area contributed by atoms with Crippen molar-refractivity contribution in [1.29, 1.82) is 0 Å². The van der Waals surface area contributed by atoms with Gasteiger partial charge in [-0.2, -0.15) is 5.10 Å². The first-order valence-corrected chi connectivity index (χ1v) is 9.83. The fraction of sp³-hybridized carbons (Fsp3) is 0.150. The molecule has 0 atom stereocenters. The predicted octanol–water partition coefficient (Wildman–Crippen LogP) is 4.40. The number of carbonyl (C=O) groups is 1. The van der Waals surface area contributed by atoms with E-state index in [9.17, 15) is 14.9 Å². The molecule has 0 radical (unpaired) electrons. The average Bonchev–Trinajstić information content (AvgIpc) is 3.16. The number of nitro groups is 1. The van der Waals surface area contributed by atoms with E-state index in [4.69, 9.17) is 9.47 Å². The molecule has 0 aliphatic rings. The van der Waals surface area contributed by atoms with E-state index in [0.29, 0.717) is 28.9 Å². The number of non-ortho nitro benzene ring substituents is 1. The van der Waals surface area contributed by atoms with Crippen molar-refractivity contribution in [2.75, 3.05) is 12.0 Å². The fourth-order valence-electron chi connectivity index (χ4n) is 2.39. The van der Waals surface area contributed by atoms with Crippen LogP contribution in [0.15, 0.2) is 59.0 Å². The third-order valence-electron chi connectivity index (χ3n) is 3.70. The Hall–Kier alpha value is -3.79. The Labute approximate surface area is 176 Å². The van der Waals surface area contributed by atoms with E-state index in [1.165, 1.54) is 35.6 Å². The Balaban J connectivity index is 1.57. The standard InChI is InChI=1S/C20H18N4O5S/c1-2-28-19(25)11-15-13-30-20(22-15)23-21-12-14-4-3-5-18(10-14)29-17-8-6-16(7-9-17)24(26)27/h3-10,12-13H,2,11H2,1H3,(H,22,23). The molecular weight excluding hydrogens is 408 g/mol. The lowest BCUT2D eigenvalue weighted by Gasteiger charge is -2.06. The van der Waals surface area contributed by atoms with Gasteiger partial charge in [0.1, 0.15) is 11.5 Å². The number of hydrogen-bond donors (Lipinski definition) is 1. The first-order valence-electron chi connectivity index (χ1n) is 8.95. The van der Waals surface area contributed by atoms with Crippen molar-refractivity contribution < 1.29 is 19.2 Å². The van der Waals surface area contributed by atoms with Gasteiger partial charge in [-0.3, -0.25) is 20.3 Å². The van der Waals surface area contributed by atoms with Gasteiger partial charge < -0.3 is 9.47 Å². The first kappa shape index (κ1) is 20.9. The minimum Gasteiger partial charge on any atom is -0.466 e. The molecule has 0 aliphatic carbocycles. The number of nitro benzene ring substituents is 1. The Morgan fingerprint density at radius 3 is 2.80 bits per heavy atom. The Kier molecular flexibility index (Phi) is 7.06. The third-order valence-corrected chi connectivity index (χ3v) is 4.49. The molecule has 0 saturated heterocycles. The number of rotatable bonds is 9. The van der Waals surface area contributed by atoms with Crippen LogP contribution in [-0.2, 0) is 16.0 Å². The van der Waals surface area contributed by atoms with Crippen LogP contribution < -0.4 is 10.2 Å². The molecule has 0 fully saturated rings. The van der Waals surface area contributed by atoms with Crippen molar-refractivity contribution in [2.24, 2.45) is 5.10 Å². The SMILES string of the molecule is CCOC(=O)Cc1csc(NN=Cc2cccc(Oc3ccc([N+](=O)[O-])cc3)c2)n1. The number of hydrogen-bond acceptors (Lipinski definition) is 9. The molecule has 0 amide bonds. The van der Waals surface area contributed by atoms with E-state index >= 15 is 0 Å². The van der Waals surface area contributed by atoms with Gasteiger partial charge in [0.15, 0.2) is 0 Å². The molecular formula is C20H18N4O5S. The summed E-state index contributed by atoms with van der Waals surface area (Å²) in [5, 5.41) is 17.2. The smallest absolute Gasteiger partial charge is 0.311 e. The van der Waals surface area contributed by atoms with Gasteiger partial charge in [0.2, 0.25) is 5.13 Å². The van der Waals surface area contributed by atoms with Crippen molar-refractivity contribution in [3.63, 3.8) is 0 Å². The topological polar surface area (TPSA) is 116 Å². The number of aromatic nitrogens is 1. The summed E-state index contributed by atoms with van der Waals surface area (Å²) in [6, 6.07) is 13.1. The number of benzene rings is 2. The van der Waals surface area contributed by atoms with Crippen LogP contribution in [0, 0.1) is 10.1 Å². The van der Waals surface area contributed by atoms with Crippen LogP contribution in [-0.4, -0.2) is 28.7 Å². The van der Waals surface area contributed by atoms with Crippen LogP contribution in [0.3, 0.4) is 0 Å². The number of nitrogens with zero attached hydrogens (tertiary/aromatic N) is 3. The highest BCUT2D eigenvalue weighted by Gasteiger charge is 2.08. The summed E-state index contributed by atoms with van der Waals surface area (Å²) in [4.78, 5) is 26.0. The largest absolute Gasteiger partial charge is 0.466 e. The zero-order valence-corrected chi connectivity index (χ0v) is 16.8. The van der Waals surface area contributed by atoms with Gasteiger partial charge >= 0.3 is 5.97 Å². The third kappa shape index (κ3) is 6.11. The van der Waals surface area contributed by atoms with E-state index in [1.54, 1.807) is 30.7 Å². The van der Waals surface area contributed by atoms with Gasteiger partial charge in [-0.05, 0) is 36.8 Å². The van der Waals surface area contributed by atoms with Crippen LogP contribution in [0.2, 0.25) is 0 Å². The minimum atomic E-state index is -0.462. The normalized spacial score (nSPS) is 10.7. The highest BCUT2D eigenvalue weighted by molar-refractivity contribution is 7.13. The number of anilines is 1. The highest BCUT2D eigenvalue weighted by atomic mass is 32.1. The number of thiazole rings is 1. The van der Waals surface area contributed by atoms with Gasteiger partial charge in [-0.15, -0.1) is 11.3 Å². The summed E-state index contributed by atoms with van der Waals surface area (Å²) in [5.74, 6) is 0.742. The van der Waals surface area contributed by atoms with Crippen LogP contribution in [0.25, 0.3) is 0 Å². The molecule has 154 valence electrons. The summed E-state index contributed by atoms with van der Waals surface area (Å²) in [6.07, 6.45) is 1.73. The van der Waals surface area contributed by atoms with Crippen LogP contribution in [0.5, 0.6) is 11.5 Å². The average molecular weight is 426 g/mol. The number of esters is 1. The zero-order valence-electron chi connectivity index (χ0n) is 16.0. The number of carbonyl (C=O) groups excluding carboxylic acids is 1. The van der Waals surface area contributed by atoms with Crippen LogP contribution in [0.4, 0.5) is 10.8 Å². The molecule has 1 aromatic heterocycles. The molecule has 2 aromatic carbocycles. The van der Waals surface area contributed by atoms with Crippen molar-refractivity contribution >= 4 is 34.3 Å². The van der Waals surface area contributed by atoms with E-state index in [2.05, 4.69) is 15.5 Å². The molecule has 1 N–H and O–H groups in total. The van der Waals surface area contributed by atoms with E-state index in [1.807, 2.05) is 12.1 Å². The van der Waals surface area contributed by atoms with Gasteiger partial charge in [0, 0.05) is 17.5 Å². The molecule has 0 spiro atoms. The molecule has 3 rings (SSSR count). The zero-order chi connectivity index (χ0) is 21.3. The lowest BCUT2D eigenvalue weighted by Crippen LogP contribution is -2.07. The van der Waals surface area contributed by atoms with Crippen molar-refractivity contribution in [3.8, 4) is 11.5 Å². The maximum atomic E-state index is 11.5. The number of ether oxygens (including phenoxy) is 2. The maximum absolute atomic E-state index is 11.5. The Morgan fingerprint density at radius 1 is 1.27 bits per heavy atom. The second kappa shape index (κ2) is 10.1. The van der Waals surface area contributed by atoms with Crippen molar-refractivity contribution in [2.45, 2.75) is 13.3 Å². The summed E-state index contributed by atoms with van der Waals surface area (Å²) in [5.41, 5.74) is 4.23. The molecule has 1 heterocycles. The van der Waals surface area contributed by atoms with Gasteiger partial charge in [0.25, 0.3) is 5.69 Å². The van der Waals surface area contributed by atoms with Crippen molar-refractivity contribution in [1.82, 2.24) is 4.98 Å². The molecule has 0 bridgehead atoms. The van der Waals surface area contributed by atoms with Gasteiger partial charge in [-0.25, -0.2) is 4.98 Å². The predicted molar refractivity (Wildman–Crippen MR) is 113 cm³/mol. The molecule has 9 nitrogen and oxygen atoms in total. The fourth-order valence-corrected chi connectivity index (χ4v) is 3.05. The molecule has 0 aliphatic heterocycles. The van der Waals surface area contributed by atoms with E-state index < -0.39 is 4.92 Å². The monoisotopic (exact) mass is 426 g/mol. The Bertz CT molecular complexity index is 1050. The number of nitrogens with one attached hydrogen (secondary N) is 1. The minimum absolute atomic E-state index is 0.00177. The molecule has 3 aromatic rings. The highest BCUT2D eigenvalue weighted by Crippen LogP contribution is 2.24. The quantitative estimate of drug-likeness (QED) is 0.233. The van der Waals surface area contributed by atoms with Crippen LogP contribution in [0.1, 0.15) is 18.2 Å². The molecule has 0 unspecified atom stereocenters. The Morgan fingerprint density at radius 2 is 2.07 bits per heavy atom. The number of hydrazone groups is 1. The van der Waals surface area contributed by atoms with Crippen molar-refractivity contribution in [3.05, 3.63) is 75.3 Å². The van der Waals surface area contributed by atoms with Gasteiger partial charge in [-0.1, -0.05) is 12.1 Å². The lowest BCUT2D eigenvalue weighted by molar-refractivity contribution is -0.384. The second-order valence-corrected chi connectivity index (χ2v) is 6.78. The maximum Gasteiger partial charge on any atom is 0.311 e. The summed E-state index contributed by atoms with van der Waals surface area (Å²) >= 11 is 1.34. The summed E-state index contributed by atoms with van der Waals surface area (Å²) in [7, 11) is 0.